The zero-order valence-electron chi connectivity index (χ0n) is 18.1. The highest BCUT2D eigenvalue weighted by atomic mass is 79.9. The molecule has 0 atom stereocenters. The fourth-order valence-electron chi connectivity index (χ4n) is 3.30. The Labute approximate surface area is 196 Å². The summed E-state index contributed by atoms with van der Waals surface area (Å²) < 4.78 is 32.0. The lowest BCUT2D eigenvalue weighted by molar-refractivity contribution is -0.121. The molecule has 32 heavy (non-hydrogen) atoms. The van der Waals surface area contributed by atoms with E-state index in [0.717, 1.165) is 21.2 Å². The van der Waals surface area contributed by atoms with Gasteiger partial charge in [-0.25, -0.2) is 8.42 Å². The molecule has 3 aromatic rings. The van der Waals surface area contributed by atoms with Crippen LogP contribution in [0.1, 0.15) is 29.9 Å². The van der Waals surface area contributed by atoms with Crippen LogP contribution in [0.5, 0.6) is 0 Å². The molecule has 1 N–H and O–H groups in total. The summed E-state index contributed by atoms with van der Waals surface area (Å²) >= 11 is 3.40. The van der Waals surface area contributed by atoms with Gasteiger partial charge in [0.05, 0.1) is 18.5 Å². The zero-order chi connectivity index (χ0) is 23.3. The van der Waals surface area contributed by atoms with Crippen molar-refractivity contribution in [3.8, 4) is 11.4 Å². The number of hydrogen-bond acceptors (Lipinski definition) is 6. The maximum atomic E-state index is 12.3. The van der Waals surface area contributed by atoms with Gasteiger partial charge >= 0.3 is 0 Å². The average Bonchev–Trinajstić information content (AvgIpc) is 3.17. The smallest absolute Gasteiger partial charge is 0.246 e. The zero-order valence-corrected chi connectivity index (χ0v) is 20.5. The Kier molecular flexibility index (Phi) is 7.68. The van der Waals surface area contributed by atoms with Crippen molar-refractivity contribution >= 4 is 37.5 Å². The van der Waals surface area contributed by atoms with Gasteiger partial charge in [0.15, 0.2) is 0 Å². The lowest BCUT2D eigenvalue weighted by Gasteiger charge is -2.23. The number of aromatic nitrogens is 2. The van der Waals surface area contributed by atoms with Gasteiger partial charge in [0.1, 0.15) is 0 Å². The van der Waals surface area contributed by atoms with E-state index in [2.05, 4.69) is 31.4 Å². The van der Waals surface area contributed by atoms with Gasteiger partial charge in [-0.15, -0.1) is 0 Å². The summed E-state index contributed by atoms with van der Waals surface area (Å²) in [6.45, 7) is 4.16. The monoisotopic (exact) mass is 520 g/mol. The van der Waals surface area contributed by atoms with E-state index in [9.17, 15) is 13.2 Å². The first-order valence-corrected chi connectivity index (χ1v) is 12.7. The largest absolute Gasteiger partial charge is 0.347 e. The molecular weight excluding hydrogens is 496 g/mol. The van der Waals surface area contributed by atoms with Crippen LogP contribution in [-0.2, 0) is 21.4 Å². The number of nitrogens with zero attached hydrogens (tertiary/aromatic N) is 3. The van der Waals surface area contributed by atoms with Crippen LogP contribution in [0.3, 0.4) is 0 Å². The van der Waals surface area contributed by atoms with Gasteiger partial charge in [-0.2, -0.15) is 4.98 Å². The van der Waals surface area contributed by atoms with Crippen molar-refractivity contribution in [3.63, 3.8) is 0 Å². The molecule has 0 aliphatic heterocycles. The number of benzene rings is 2. The quantitative estimate of drug-likeness (QED) is 0.457. The van der Waals surface area contributed by atoms with Crippen molar-refractivity contribution in [1.29, 1.82) is 0 Å². The fraction of sp³-hybridized carbons (Fsp3) is 0.318. The fourth-order valence-corrected chi connectivity index (χ4v) is 4.65. The van der Waals surface area contributed by atoms with Crippen molar-refractivity contribution in [2.75, 3.05) is 17.1 Å². The van der Waals surface area contributed by atoms with Crippen LogP contribution in [0.4, 0.5) is 5.69 Å². The summed E-state index contributed by atoms with van der Waals surface area (Å²) in [6.07, 6.45) is 1.71. The van der Waals surface area contributed by atoms with Gasteiger partial charge in [-0.3, -0.25) is 9.10 Å². The molecule has 0 unspecified atom stereocenters. The van der Waals surface area contributed by atoms with Crippen LogP contribution in [0.15, 0.2) is 51.5 Å². The lowest BCUT2D eigenvalue weighted by Crippen LogP contribution is -2.32. The third kappa shape index (κ3) is 6.64. The predicted molar refractivity (Wildman–Crippen MR) is 127 cm³/mol. The number of carbonyl (C=O) groups excluding carboxylic acids is 1. The Bertz CT molecular complexity index is 1190. The van der Waals surface area contributed by atoms with E-state index in [1.165, 1.54) is 10.6 Å². The molecule has 2 aromatic carbocycles. The maximum absolute atomic E-state index is 12.3. The molecule has 0 radical (unpaired) electrons. The first-order chi connectivity index (χ1) is 15.1. The summed E-state index contributed by atoms with van der Waals surface area (Å²) in [6, 6.07) is 13.1. The number of amides is 1. The van der Waals surface area contributed by atoms with Crippen LogP contribution in [0, 0.1) is 13.8 Å². The molecule has 0 saturated heterocycles. The van der Waals surface area contributed by atoms with Crippen LogP contribution < -0.4 is 9.62 Å². The van der Waals surface area contributed by atoms with Gasteiger partial charge in [0.2, 0.25) is 27.6 Å². The SMILES string of the molecule is Cc1cc(C)cc(N(CCCC(=O)NCc2nc(-c3cccc(Br)c3)no2)S(C)(=O)=O)c1. The molecule has 1 amide bonds. The maximum Gasteiger partial charge on any atom is 0.246 e. The number of sulfonamides is 1. The number of anilines is 1. The second-order valence-corrected chi connectivity index (χ2v) is 10.4. The molecule has 0 fully saturated rings. The Balaban J connectivity index is 1.53. The molecule has 170 valence electrons. The van der Waals surface area contributed by atoms with Gasteiger partial charge in [0.25, 0.3) is 0 Å². The second kappa shape index (κ2) is 10.3. The van der Waals surface area contributed by atoms with Gasteiger partial charge < -0.3 is 9.84 Å². The summed E-state index contributed by atoms with van der Waals surface area (Å²) in [7, 11) is -3.47. The first kappa shape index (κ1) is 23.9. The molecule has 0 saturated carbocycles. The van der Waals surface area contributed by atoms with E-state index in [1.807, 2.05) is 56.3 Å². The van der Waals surface area contributed by atoms with E-state index in [4.69, 9.17) is 4.52 Å². The van der Waals surface area contributed by atoms with Gasteiger partial charge in [-0.1, -0.05) is 39.3 Å². The van der Waals surface area contributed by atoms with Gasteiger partial charge in [0, 0.05) is 23.0 Å². The van der Waals surface area contributed by atoms with E-state index >= 15 is 0 Å². The Morgan fingerprint density at radius 2 is 1.88 bits per heavy atom. The van der Waals surface area contributed by atoms with Crippen molar-refractivity contribution < 1.29 is 17.7 Å². The molecule has 0 bridgehead atoms. The third-order valence-corrected chi connectivity index (χ3v) is 6.33. The van der Waals surface area contributed by atoms with Crippen LogP contribution in [0.25, 0.3) is 11.4 Å². The first-order valence-electron chi connectivity index (χ1n) is 10.0. The minimum atomic E-state index is -3.47. The normalized spacial score (nSPS) is 11.4. The Hall–Kier alpha value is -2.72. The molecule has 3 rings (SSSR count). The summed E-state index contributed by atoms with van der Waals surface area (Å²) in [5.41, 5.74) is 3.37. The second-order valence-electron chi connectivity index (χ2n) is 7.58. The summed E-state index contributed by atoms with van der Waals surface area (Å²) in [5, 5.41) is 6.67. The van der Waals surface area contributed by atoms with Crippen LogP contribution in [0.2, 0.25) is 0 Å². The number of halogens is 1. The average molecular weight is 521 g/mol. The standard InChI is InChI=1S/C22H25BrN4O4S/c1-15-10-16(2)12-19(11-15)27(32(3,29)30)9-5-8-20(28)24-14-21-25-22(26-31-21)17-6-4-7-18(23)13-17/h4,6-7,10-13H,5,8-9,14H2,1-3H3,(H,24,28). The van der Waals surface area contributed by atoms with E-state index in [1.54, 1.807) is 0 Å². The van der Waals surface area contributed by atoms with Crippen molar-refractivity contribution in [1.82, 2.24) is 15.5 Å². The number of aryl methyl sites for hydroxylation is 2. The predicted octanol–water partition coefficient (Wildman–Crippen LogP) is 3.98. The van der Waals surface area contributed by atoms with Crippen LogP contribution in [-0.4, -0.2) is 37.3 Å². The van der Waals surface area contributed by atoms with Crippen LogP contribution >= 0.6 is 15.9 Å². The third-order valence-electron chi connectivity index (χ3n) is 4.65. The number of rotatable bonds is 9. The topological polar surface area (TPSA) is 105 Å². The number of carbonyl (C=O) groups is 1. The lowest BCUT2D eigenvalue weighted by atomic mass is 10.1. The molecule has 10 heteroatoms. The van der Waals surface area contributed by atoms with Crippen molar-refractivity contribution in [2.24, 2.45) is 0 Å². The Morgan fingerprint density at radius 1 is 1.16 bits per heavy atom. The number of nitrogens with one attached hydrogen (secondary N) is 1. The molecular formula is C22H25BrN4O4S. The highest BCUT2D eigenvalue weighted by Crippen LogP contribution is 2.22. The van der Waals surface area contributed by atoms with Gasteiger partial charge in [-0.05, 0) is 55.7 Å². The molecule has 0 spiro atoms. The minimum absolute atomic E-state index is 0.104. The highest BCUT2D eigenvalue weighted by Gasteiger charge is 2.18. The molecule has 1 heterocycles. The van der Waals surface area contributed by atoms with E-state index in [0.29, 0.717) is 23.8 Å². The summed E-state index contributed by atoms with van der Waals surface area (Å²) in [5.74, 6) is 0.509. The van der Waals surface area contributed by atoms with Crippen molar-refractivity contribution in [2.45, 2.75) is 33.2 Å². The molecule has 1 aromatic heterocycles. The Morgan fingerprint density at radius 3 is 2.53 bits per heavy atom. The van der Waals surface area contributed by atoms with E-state index in [-0.39, 0.29) is 25.4 Å². The summed E-state index contributed by atoms with van der Waals surface area (Å²) in [4.78, 5) is 16.5. The van der Waals surface area contributed by atoms with E-state index < -0.39 is 10.0 Å². The van der Waals surface area contributed by atoms with Crippen molar-refractivity contribution in [3.05, 3.63) is 64.0 Å². The molecule has 8 nitrogen and oxygen atoms in total. The highest BCUT2D eigenvalue weighted by molar-refractivity contribution is 9.10. The molecule has 0 aliphatic carbocycles. The minimum Gasteiger partial charge on any atom is -0.347 e. The molecule has 0 aliphatic rings. The number of hydrogen-bond donors (Lipinski definition) is 1.